The molecule has 0 aliphatic heterocycles. The number of benzene rings is 1. The third-order valence-electron chi connectivity index (χ3n) is 3.25. The number of aliphatic imine (C=N–C) groups is 1. The predicted octanol–water partition coefficient (Wildman–Crippen LogP) is 2.08. The predicted molar refractivity (Wildman–Crippen MR) is 104 cm³/mol. The Morgan fingerprint density at radius 1 is 1.30 bits per heavy atom. The van der Waals surface area contributed by atoms with Crippen LogP contribution in [0.25, 0.3) is 0 Å². The monoisotopic (exact) mass is 438 g/mol. The van der Waals surface area contributed by atoms with E-state index in [1.807, 2.05) is 6.07 Å². The van der Waals surface area contributed by atoms with Gasteiger partial charge in [0.25, 0.3) is 0 Å². The Morgan fingerprint density at radius 3 is 2.74 bits per heavy atom. The number of hydrogen-bond donors (Lipinski definition) is 2. The summed E-state index contributed by atoms with van der Waals surface area (Å²) in [6, 6.07) is 6.55. The second-order valence-electron chi connectivity index (χ2n) is 5.13. The van der Waals surface area contributed by atoms with E-state index in [1.165, 1.54) is 12.1 Å². The van der Waals surface area contributed by atoms with E-state index in [0.29, 0.717) is 6.54 Å². The molecule has 0 aliphatic carbocycles. The third kappa shape index (κ3) is 10.5. The van der Waals surface area contributed by atoms with Crippen LogP contribution in [0.2, 0.25) is 0 Å². The fourth-order valence-electron chi connectivity index (χ4n) is 2.01. The molecule has 2 N–H and O–H groups in total. The molecule has 1 aromatic carbocycles. The Balaban J connectivity index is 0.00000484. The van der Waals surface area contributed by atoms with Crippen molar-refractivity contribution in [3.63, 3.8) is 0 Å². The largest absolute Gasteiger partial charge is 0.385 e. The Labute approximate surface area is 155 Å². The van der Waals surface area contributed by atoms with E-state index in [9.17, 15) is 4.39 Å². The van der Waals surface area contributed by atoms with Crippen molar-refractivity contribution in [2.45, 2.75) is 13.0 Å². The molecule has 0 atom stereocenters. The van der Waals surface area contributed by atoms with E-state index in [0.717, 1.165) is 44.2 Å². The molecule has 0 fully saturated rings. The van der Waals surface area contributed by atoms with Gasteiger partial charge in [0.05, 0.1) is 0 Å². The third-order valence-corrected chi connectivity index (χ3v) is 3.25. The summed E-state index contributed by atoms with van der Waals surface area (Å²) in [5.41, 5.74) is 0.889. The quantitative estimate of drug-likeness (QED) is 0.268. The van der Waals surface area contributed by atoms with Crippen LogP contribution in [0.1, 0.15) is 12.0 Å². The highest BCUT2D eigenvalue weighted by molar-refractivity contribution is 14.0. The first kappa shape index (κ1) is 22.1. The second kappa shape index (κ2) is 13.5. The van der Waals surface area contributed by atoms with Gasteiger partial charge in [-0.25, -0.2) is 4.39 Å². The zero-order valence-corrected chi connectivity index (χ0v) is 16.5. The summed E-state index contributed by atoms with van der Waals surface area (Å²) in [5, 5.41) is 6.42. The lowest BCUT2D eigenvalue weighted by atomic mass is 10.2. The summed E-state index contributed by atoms with van der Waals surface area (Å²) in [5.74, 6) is 0.495. The van der Waals surface area contributed by atoms with Crippen molar-refractivity contribution < 1.29 is 9.13 Å². The van der Waals surface area contributed by atoms with E-state index in [1.54, 1.807) is 20.2 Å². The molecule has 0 aromatic heterocycles. The van der Waals surface area contributed by atoms with Gasteiger partial charge in [-0.15, -0.1) is 24.0 Å². The van der Waals surface area contributed by atoms with Gasteiger partial charge in [0.1, 0.15) is 5.82 Å². The molecule has 0 saturated carbocycles. The molecule has 0 saturated heterocycles. The average Bonchev–Trinajstić information content (AvgIpc) is 2.51. The van der Waals surface area contributed by atoms with Crippen LogP contribution < -0.4 is 10.6 Å². The first-order valence-electron chi connectivity index (χ1n) is 7.52. The highest BCUT2D eigenvalue weighted by Gasteiger charge is 2.01. The fraction of sp³-hybridized carbons (Fsp3) is 0.562. The number of guanidine groups is 1. The number of hydrogen-bond acceptors (Lipinski definition) is 3. The number of rotatable bonds is 9. The lowest BCUT2D eigenvalue weighted by Gasteiger charge is -2.18. The number of nitrogens with one attached hydrogen (secondary N) is 2. The van der Waals surface area contributed by atoms with Crippen LogP contribution in [0.4, 0.5) is 4.39 Å². The van der Waals surface area contributed by atoms with Gasteiger partial charge in [0.15, 0.2) is 5.96 Å². The van der Waals surface area contributed by atoms with Crippen LogP contribution in [-0.4, -0.2) is 58.3 Å². The summed E-state index contributed by atoms with van der Waals surface area (Å²) < 4.78 is 18.1. The first-order valence-corrected chi connectivity index (χ1v) is 7.52. The number of halogens is 2. The molecule has 23 heavy (non-hydrogen) atoms. The SMILES string of the molecule is CN=C(NCCN(C)CCCOC)NCc1cccc(F)c1.I. The number of ether oxygens (including phenoxy) is 1. The van der Waals surface area contributed by atoms with Gasteiger partial charge in [0, 0.05) is 46.9 Å². The van der Waals surface area contributed by atoms with Crippen molar-refractivity contribution >= 4 is 29.9 Å². The fourth-order valence-corrected chi connectivity index (χ4v) is 2.01. The molecule has 0 amide bonds. The van der Waals surface area contributed by atoms with E-state index >= 15 is 0 Å². The van der Waals surface area contributed by atoms with Crippen LogP contribution in [0.3, 0.4) is 0 Å². The molecule has 0 spiro atoms. The van der Waals surface area contributed by atoms with E-state index in [-0.39, 0.29) is 29.8 Å². The van der Waals surface area contributed by atoms with Gasteiger partial charge >= 0.3 is 0 Å². The van der Waals surface area contributed by atoms with Crippen LogP contribution >= 0.6 is 24.0 Å². The minimum Gasteiger partial charge on any atom is -0.385 e. The normalized spacial score (nSPS) is 11.3. The van der Waals surface area contributed by atoms with Crippen LogP contribution in [0.15, 0.2) is 29.3 Å². The van der Waals surface area contributed by atoms with Crippen molar-refractivity contribution in [1.82, 2.24) is 15.5 Å². The Bertz CT molecular complexity index is 459. The van der Waals surface area contributed by atoms with Crippen LogP contribution in [-0.2, 0) is 11.3 Å². The van der Waals surface area contributed by atoms with Gasteiger partial charge in [-0.1, -0.05) is 12.1 Å². The van der Waals surface area contributed by atoms with Crippen molar-refractivity contribution in [2.75, 3.05) is 47.4 Å². The molecule has 0 unspecified atom stereocenters. The topological polar surface area (TPSA) is 48.9 Å². The second-order valence-corrected chi connectivity index (χ2v) is 5.13. The summed E-state index contributed by atoms with van der Waals surface area (Å²) in [4.78, 5) is 6.40. The number of nitrogens with zero attached hydrogens (tertiary/aromatic N) is 2. The molecule has 0 radical (unpaired) electrons. The maximum atomic E-state index is 13.1. The van der Waals surface area contributed by atoms with Crippen LogP contribution in [0.5, 0.6) is 0 Å². The maximum absolute atomic E-state index is 13.1. The lowest BCUT2D eigenvalue weighted by Crippen LogP contribution is -2.40. The molecule has 0 bridgehead atoms. The Morgan fingerprint density at radius 2 is 2.09 bits per heavy atom. The van der Waals surface area contributed by atoms with Crippen molar-refractivity contribution in [1.29, 1.82) is 0 Å². The molecule has 1 rings (SSSR count). The zero-order valence-electron chi connectivity index (χ0n) is 14.1. The standard InChI is InChI=1S/C16H27FN4O.HI/c1-18-16(19-8-10-21(2)9-5-11-22-3)20-13-14-6-4-7-15(17)12-14;/h4,6-7,12H,5,8-11,13H2,1-3H3,(H2,18,19,20);1H. The Hall–Kier alpha value is -0.930. The lowest BCUT2D eigenvalue weighted by molar-refractivity contribution is 0.180. The summed E-state index contributed by atoms with van der Waals surface area (Å²) >= 11 is 0. The number of likely N-dealkylation sites (N-methyl/N-ethyl adjacent to an activating group) is 1. The molecule has 132 valence electrons. The van der Waals surface area contributed by atoms with E-state index < -0.39 is 0 Å². The molecular weight excluding hydrogens is 410 g/mol. The van der Waals surface area contributed by atoms with Gasteiger partial charge < -0.3 is 20.3 Å². The molecule has 0 heterocycles. The molecular formula is C16H28FIN4O. The molecule has 0 aliphatic rings. The van der Waals surface area contributed by atoms with E-state index in [4.69, 9.17) is 4.74 Å². The minimum atomic E-state index is -0.222. The highest BCUT2D eigenvalue weighted by atomic mass is 127. The van der Waals surface area contributed by atoms with Crippen molar-refractivity contribution in [3.05, 3.63) is 35.6 Å². The molecule has 5 nitrogen and oxygen atoms in total. The minimum absolute atomic E-state index is 0. The molecule has 1 aromatic rings. The first-order chi connectivity index (χ1) is 10.7. The van der Waals surface area contributed by atoms with E-state index in [2.05, 4.69) is 27.6 Å². The van der Waals surface area contributed by atoms with Gasteiger partial charge in [-0.3, -0.25) is 4.99 Å². The maximum Gasteiger partial charge on any atom is 0.191 e. The summed E-state index contributed by atoms with van der Waals surface area (Å²) in [6.07, 6.45) is 1.03. The van der Waals surface area contributed by atoms with Crippen molar-refractivity contribution in [2.24, 2.45) is 4.99 Å². The van der Waals surface area contributed by atoms with Gasteiger partial charge in [0.2, 0.25) is 0 Å². The number of methoxy groups -OCH3 is 1. The average molecular weight is 438 g/mol. The zero-order chi connectivity index (χ0) is 16.2. The van der Waals surface area contributed by atoms with Crippen LogP contribution in [0, 0.1) is 5.82 Å². The van der Waals surface area contributed by atoms with Crippen molar-refractivity contribution in [3.8, 4) is 0 Å². The Kier molecular flexibility index (Phi) is 13.0. The highest BCUT2D eigenvalue weighted by Crippen LogP contribution is 2.02. The smallest absolute Gasteiger partial charge is 0.191 e. The summed E-state index contributed by atoms with van der Waals surface area (Å²) in [6.45, 7) is 4.05. The molecule has 7 heteroatoms. The van der Waals surface area contributed by atoms with Gasteiger partial charge in [-0.05, 0) is 31.2 Å². The summed E-state index contributed by atoms with van der Waals surface area (Å²) in [7, 11) is 5.53. The van der Waals surface area contributed by atoms with Gasteiger partial charge in [-0.2, -0.15) is 0 Å².